The normalized spacial score (nSPS) is 16.8. The van der Waals surface area contributed by atoms with Crippen molar-refractivity contribution in [2.24, 2.45) is 0 Å². The Bertz CT molecular complexity index is 1430. The number of carbonyl (C=O) groups is 2. The van der Waals surface area contributed by atoms with Crippen LogP contribution < -0.4 is 15.4 Å². The highest BCUT2D eigenvalue weighted by molar-refractivity contribution is 6.50. The van der Waals surface area contributed by atoms with Gasteiger partial charge < -0.3 is 17.3 Å². The van der Waals surface area contributed by atoms with E-state index in [1.54, 1.807) is 11.6 Å². The number of allylic oxidation sites excluding steroid dienone is 8. The Morgan fingerprint density at radius 1 is 0.912 bits per heavy atom. The molecule has 0 saturated heterocycles. The number of hydrogen-bond acceptors (Lipinski definition) is 2. The number of carbonyl (C=O) groups excluding carboxylic acids is 2. The summed E-state index contributed by atoms with van der Waals surface area (Å²) in [5.74, 6) is -0.272. The Balaban J connectivity index is 0.000000499. The number of halogens is 4. The van der Waals surface area contributed by atoms with Crippen LogP contribution in [0.5, 0.6) is 0 Å². The molecule has 2 aromatic rings. The Hall–Kier alpha value is -3.95. The lowest BCUT2D eigenvalue weighted by atomic mass is 9.94. The molecule has 2 aliphatic carbocycles. The zero-order valence-electron chi connectivity index (χ0n) is 18.4. The number of aromatic nitrogens is 1. The molecule has 2 heterocycles. The maximum Gasteiger partial charge on any atom is 0.673 e. The van der Waals surface area contributed by atoms with E-state index in [-0.39, 0.29) is 11.9 Å². The van der Waals surface area contributed by atoms with Crippen molar-refractivity contribution >= 4 is 30.8 Å². The molecule has 0 atom stereocenters. The second kappa shape index (κ2) is 8.77. The topological polar surface area (TPSA) is 45.3 Å². The van der Waals surface area contributed by atoms with Crippen molar-refractivity contribution in [1.29, 1.82) is 0 Å². The summed E-state index contributed by atoms with van der Waals surface area (Å²) in [5.41, 5.74) is 5.22. The summed E-state index contributed by atoms with van der Waals surface area (Å²) < 4.78 is 42.6. The molecule has 1 aromatic heterocycles. The first-order chi connectivity index (χ1) is 16.1. The van der Waals surface area contributed by atoms with Gasteiger partial charge in [0.15, 0.2) is 0 Å². The molecular formula is C24H20BF4N3O2. The molecule has 174 valence electrons. The summed E-state index contributed by atoms with van der Waals surface area (Å²) in [7, 11) is -2.74. The lowest BCUT2D eigenvalue weighted by molar-refractivity contribution is 0.0813. The standard InChI is InChI=1S/C24H20N3O2.BF4/c1-25-22-21(23(28)26(2)24(25)29)20-17-11-7-6-9-16(15-17)10-8-14-19(20)27(22)18-12-4-3-5-13-18;2-1(3,4)5/h3-14H,15H2,1-2H3;/q+1;-1. The smallest absolute Gasteiger partial charge is 0.418 e. The predicted molar refractivity (Wildman–Crippen MR) is 123 cm³/mol. The van der Waals surface area contributed by atoms with Crippen LogP contribution in [0.4, 0.5) is 22.1 Å². The van der Waals surface area contributed by atoms with Crippen molar-refractivity contribution in [2.45, 2.75) is 6.42 Å². The SMILES string of the molecule is CN1C(=O)c2c3c(n(-c4ccccc4)c2=[N+](C)C1=O)=CC=CC1=CC=CC=C3C1.F[B-](F)(F)F. The van der Waals surface area contributed by atoms with E-state index < -0.39 is 7.25 Å². The van der Waals surface area contributed by atoms with E-state index in [1.165, 1.54) is 17.5 Å². The molecule has 0 saturated carbocycles. The van der Waals surface area contributed by atoms with Crippen molar-refractivity contribution < 1.29 is 26.9 Å². The summed E-state index contributed by atoms with van der Waals surface area (Å²) in [4.78, 5) is 27.3. The molecule has 5 nitrogen and oxygen atoms in total. The average molecular weight is 469 g/mol. The van der Waals surface area contributed by atoms with E-state index in [0.29, 0.717) is 11.1 Å². The molecule has 0 fully saturated rings. The summed E-state index contributed by atoms with van der Waals surface area (Å²) in [6.07, 6.45) is 15.0. The van der Waals surface area contributed by atoms with Gasteiger partial charge in [-0.3, -0.25) is 0 Å². The zero-order chi connectivity index (χ0) is 24.6. The van der Waals surface area contributed by atoms with Gasteiger partial charge in [-0.05, 0) is 35.8 Å². The van der Waals surface area contributed by atoms with Gasteiger partial charge in [-0.2, -0.15) is 9.48 Å². The number of rotatable bonds is 1. The third-order valence-corrected chi connectivity index (χ3v) is 5.61. The van der Waals surface area contributed by atoms with E-state index in [2.05, 4.69) is 18.2 Å². The maximum absolute atomic E-state index is 13.3. The van der Waals surface area contributed by atoms with Crippen LogP contribution in [0.3, 0.4) is 0 Å². The average Bonchev–Trinajstić information content (AvgIpc) is 2.92. The second-order valence-electron chi connectivity index (χ2n) is 7.85. The molecule has 34 heavy (non-hydrogen) atoms. The fraction of sp³-hybridized carbons (Fsp3) is 0.125. The largest absolute Gasteiger partial charge is 0.673 e. The molecule has 1 aromatic carbocycles. The number of benzene rings is 1. The summed E-state index contributed by atoms with van der Waals surface area (Å²) in [5, 5.41) is 0.904. The first-order valence-electron chi connectivity index (χ1n) is 10.4. The Labute approximate surface area is 192 Å². The van der Waals surface area contributed by atoms with Crippen molar-refractivity contribution in [3.05, 3.63) is 94.3 Å². The Morgan fingerprint density at radius 3 is 2.24 bits per heavy atom. The molecule has 3 aliphatic rings. The van der Waals surface area contributed by atoms with Gasteiger partial charge >= 0.3 is 19.2 Å². The number of para-hydroxylation sites is 1. The Kier molecular flexibility index (Phi) is 5.99. The van der Waals surface area contributed by atoms with Crippen LogP contribution in [0.1, 0.15) is 22.3 Å². The van der Waals surface area contributed by atoms with Crippen LogP contribution in [-0.4, -0.2) is 42.8 Å². The highest BCUT2D eigenvalue weighted by Gasteiger charge is 2.40. The predicted octanol–water partition coefficient (Wildman–Crippen LogP) is 3.72. The van der Waals surface area contributed by atoms with Crippen LogP contribution in [0.15, 0.2) is 72.4 Å². The lowest BCUT2D eigenvalue weighted by Gasteiger charge is -2.16. The molecule has 0 radical (unpaired) electrons. The summed E-state index contributed by atoms with van der Waals surface area (Å²) in [6.45, 7) is 0. The minimum atomic E-state index is -6.00. The Morgan fingerprint density at radius 2 is 1.56 bits per heavy atom. The van der Waals surface area contributed by atoms with Gasteiger partial charge in [0.05, 0.1) is 14.1 Å². The first kappa shape index (κ1) is 23.2. The van der Waals surface area contributed by atoms with Crippen LogP contribution in [0.25, 0.3) is 17.3 Å². The monoisotopic (exact) mass is 469 g/mol. The molecule has 0 unspecified atom stereocenters. The van der Waals surface area contributed by atoms with E-state index >= 15 is 0 Å². The number of imide groups is 1. The molecule has 1 aliphatic heterocycles. The van der Waals surface area contributed by atoms with E-state index in [9.17, 15) is 26.9 Å². The number of hydrogen-bond donors (Lipinski definition) is 0. The molecule has 3 amide bonds. The third-order valence-electron chi connectivity index (χ3n) is 5.61. The minimum absolute atomic E-state index is 0.272. The van der Waals surface area contributed by atoms with Gasteiger partial charge in [0, 0.05) is 5.56 Å². The van der Waals surface area contributed by atoms with Crippen LogP contribution in [0, 0.1) is 0 Å². The van der Waals surface area contributed by atoms with Crippen molar-refractivity contribution in [1.82, 2.24) is 14.0 Å². The van der Waals surface area contributed by atoms with Gasteiger partial charge in [-0.15, -0.1) is 0 Å². The fourth-order valence-corrected chi connectivity index (χ4v) is 4.23. The summed E-state index contributed by atoms with van der Waals surface area (Å²) in [6, 6.07) is 9.52. The van der Waals surface area contributed by atoms with Gasteiger partial charge in [-0.25, -0.2) is 14.2 Å². The maximum atomic E-state index is 13.3. The van der Waals surface area contributed by atoms with E-state index in [1.807, 2.05) is 59.2 Å². The second-order valence-corrected chi connectivity index (χ2v) is 7.85. The first-order valence-corrected chi connectivity index (χ1v) is 10.4. The van der Waals surface area contributed by atoms with Crippen molar-refractivity contribution in [3.63, 3.8) is 0 Å². The van der Waals surface area contributed by atoms with Gasteiger partial charge in [0.2, 0.25) is 0 Å². The molecule has 2 bridgehead atoms. The number of nitrogens with zero attached hydrogens (tertiary/aromatic N) is 3. The van der Waals surface area contributed by atoms with Crippen LogP contribution in [0.2, 0.25) is 0 Å². The molecule has 5 rings (SSSR count). The van der Waals surface area contributed by atoms with Crippen LogP contribution >= 0.6 is 0 Å². The van der Waals surface area contributed by atoms with E-state index in [4.69, 9.17) is 0 Å². The highest BCUT2D eigenvalue weighted by atomic mass is 19.5. The number of urea groups is 1. The van der Waals surface area contributed by atoms with Crippen molar-refractivity contribution in [3.8, 4) is 5.69 Å². The van der Waals surface area contributed by atoms with Gasteiger partial charge in [0.1, 0.15) is 16.6 Å². The third kappa shape index (κ3) is 4.31. The molecular weight excluding hydrogens is 449 g/mol. The van der Waals surface area contributed by atoms with E-state index in [0.717, 1.165) is 28.6 Å². The van der Waals surface area contributed by atoms with Crippen LogP contribution in [-0.2, 0) is 0 Å². The quantitative estimate of drug-likeness (QED) is 0.363. The lowest BCUT2D eigenvalue weighted by Crippen LogP contribution is -2.53. The van der Waals surface area contributed by atoms with Gasteiger partial charge in [0.25, 0.3) is 5.49 Å². The fourth-order valence-electron chi connectivity index (χ4n) is 4.23. The summed E-state index contributed by atoms with van der Waals surface area (Å²) >= 11 is 0. The number of amides is 3. The zero-order valence-corrected chi connectivity index (χ0v) is 18.4. The molecule has 10 heteroatoms. The van der Waals surface area contributed by atoms with Gasteiger partial charge in [-0.1, -0.05) is 54.7 Å². The molecule has 0 N–H and O–H groups in total. The van der Waals surface area contributed by atoms with Crippen molar-refractivity contribution in [2.75, 3.05) is 14.1 Å². The molecule has 0 spiro atoms. The number of fused-ring (bicyclic) bond motifs is 6. The highest BCUT2D eigenvalue weighted by Crippen LogP contribution is 2.28. The minimum Gasteiger partial charge on any atom is -0.418 e.